The van der Waals surface area contributed by atoms with Gasteiger partial charge in [0.1, 0.15) is 12.2 Å². The molecule has 6 heteroatoms. The van der Waals surface area contributed by atoms with E-state index in [9.17, 15) is 19.8 Å². The summed E-state index contributed by atoms with van der Waals surface area (Å²) in [5, 5.41) is 21.9. The van der Waals surface area contributed by atoms with E-state index in [1.54, 1.807) is 0 Å². The Morgan fingerprint density at radius 2 is 1.49 bits per heavy atom. The van der Waals surface area contributed by atoms with Crippen molar-refractivity contribution in [3.05, 3.63) is 0 Å². The molecule has 6 nitrogen and oxygen atoms in total. The number of aliphatic hydroxyl groups is 1. The lowest BCUT2D eigenvalue weighted by molar-refractivity contribution is -0.250. The molecular weight excluding hydrogens is 540 g/mol. The van der Waals surface area contributed by atoms with Crippen LogP contribution in [0.3, 0.4) is 0 Å². The summed E-state index contributed by atoms with van der Waals surface area (Å²) in [5.41, 5.74) is -0.863. The number of aliphatic hydroxyl groups excluding tert-OH is 1. The van der Waals surface area contributed by atoms with E-state index < -0.39 is 17.0 Å². The Morgan fingerprint density at radius 1 is 0.767 bits per heavy atom. The Bertz CT molecular complexity index is 1140. The van der Waals surface area contributed by atoms with Crippen LogP contribution in [0, 0.1) is 62.6 Å². The molecule has 1 heterocycles. The van der Waals surface area contributed by atoms with E-state index in [2.05, 4.69) is 34.6 Å². The molecule has 0 aromatic carbocycles. The van der Waals surface area contributed by atoms with Crippen molar-refractivity contribution in [1.82, 2.24) is 0 Å². The van der Waals surface area contributed by atoms with Crippen molar-refractivity contribution in [1.29, 1.82) is 0 Å². The second-order valence-corrected chi connectivity index (χ2v) is 18.0. The van der Waals surface area contributed by atoms with E-state index in [0.717, 1.165) is 83.5 Å². The summed E-state index contributed by atoms with van der Waals surface area (Å²) in [6, 6.07) is 0. The van der Waals surface area contributed by atoms with Crippen LogP contribution >= 0.6 is 0 Å². The molecule has 242 valence electrons. The molecule has 7 rings (SSSR count). The number of carboxylic acid groups (broad SMARTS) is 1. The van der Waals surface area contributed by atoms with Crippen LogP contribution < -0.4 is 0 Å². The van der Waals surface area contributed by atoms with Gasteiger partial charge in [-0.25, -0.2) is 0 Å². The van der Waals surface area contributed by atoms with Gasteiger partial charge in [-0.1, -0.05) is 53.9 Å². The number of carbonyl (C=O) groups excluding carboxylic acids is 1. The number of carbonyl (C=O) groups is 2. The summed E-state index contributed by atoms with van der Waals surface area (Å²) in [6.07, 6.45) is 14.9. The average Bonchev–Trinajstić information content (AvgIpc) is 3.65. The van der Waals surface area contributed by atoms with Crippen LogP contribution in [0.25, 0.3) is 0 Å². The van der Waals surface area contributed by atoms with Gasteiger partial charge in [0.05, 0.1) is 24.0 Å². The number of hydrogen-bond acceptors (Lipinski definition) is 5. The summed E-state index contributed by atoms with van der Waals surface area (Å²) < 4.78 is 12.3. The van der Waals surface area contributed by atoms with Crippen molar-refractivity contribution in [2.75, 3.05) is 13.2 Å². The molecule has 6 aliphatic carbocycles. The van der Waals surface area contributed by atoms with Gasteiger partial charge in [-0.3, -0.25) is 9.59 Å². The summed E-state index contributed by atoms with van der Waals surface area (Å²) in [6.45, 7) is 13.2. The predicted molar refractivity (Wildman–Crippen MR) is 164 cm³/mol. The van der Waals surface area contributed by atoms with Gasteiger partial charge in [0.15, 0.2) is 0 Å². The smallest absolute Gasteiger partial charge is 0.309 e. The quantitative estimate of drug-likeness (QED) is 0.253. The Hall–Kier alpha value is -1.14. The fraction of sp³-hybridized carbons (Fsp3) is 0.946. The number of hydrogen-bond donors (Lipinski definition) is 2. The Balaban J connectivity index is 1.18. The number of fused-ring (bicyclic) bond motifs is 7. The zero-order valence-corrected chi connectivity index (χ0v) is 27.6. The molecule has 0 spiro atoms. The fourth-order valence-corrected chi connectivity index (χ4v) is 13.7. The Morgan fingerprint density at radius 3 is 2.16 bits per heavy atom. The number of epoxide rings is 1. The third-order valence-corrected chi connectivity index (χ3v) is 16.4. The normalized spacial score (nSPS) is 52.2. The summed E-state index contributed by atoms with van der Waals surface area (Å²) in [5.74, 6) is 0.977. The molecule has 0 aromatic rings. The van der Waals surface area contributed by atoms with Crippen molar-refractivity contribution < 1.29 is 29.3 Å². The van der Waals surface area contributed by atoms with Crippen molar-refractivity contribution in [3.63, 3.8) is 0 Å². The molecule has 2 N–H and O–H groups in total. The molecule has 1 aliphatic heterocycles. The highest BCUT2D eigenvalue weighted by Gasteiger charge is 2.74. The second kappa shape index (κ2) is 9.93. The van der Waals surface area contributed by atoms with E-state index >= 15 is 0 Å². The molecule has 0 radical (unpaired) electrons. The highest BCUT2D eigenvalue weighted by Crippen LogP contribution is 2.78. The summed E-state index contributed by atoms with van der Waals surface area (Å²) in [7, 11) is 0. The van der Waals surface area contributed by atoms with E-state index in [0.29, 0.717) is 31.0 Å². The first-order valence-electron chi connectivity index (χ1n) is 18.0. The molecule has 0 aromatic heterocycles. The summed E-state index contributed by atoms with van der Waals surface area (Å²) in [4.78, 5) is 26.3. The lowest BCUT2D eigenvalue weighted by Gasteiger charge is -2.72. The molecular formula is C37H58O6. The molecule has 43 heavy (non-hydrogen) atoms. The molecule has 7 fully saturated rings. The summed E-state index contributed by atoms with van der Waals surface area (Å²) >= 11 is 0. The molecule has 0 bridgehead atoms. The van der Waals surface area contributed by atoms with Crippen molar-refractivity contribution in [2.45, 2.75) is 143 Å². The van der Waals surface area contributed by atoms with Gasteiger partial charge in [-0.2, -0.15) is 0 Å². The minimum Gasteiger partial charge on any atom is -0.481 e. The number of ether oxygens (including phenoxy) is 2. The first-order valence-corrected chi connectivity index (χ1v) is 18.0. The largest absolute Gasteiger partial charge is 0.481 e. The van der Waals surface area contributed by atoms with Crippen molar-refractivity contribution in [3.8, 4) is 0 Å². The molecule has 0 amide bonds. The topological polar surface area (TPSA) is 96.4 Å². The fourth-order valence-electron chi connectivity index (χ4n) is 13.7. The van der Waals surface area contributed by atoms with Crippen LogP contribution in [0.2, 0.25) is 0 Å². The van der Waals surface area contributed by atoms with E-state index in [1.807, 2.05) is 0 Å². The lowest BCUT2D eigenvalue weighted by Crippen LogP contribution is -2.67. The monoisotopic (exact) mass is 598 g/mol. The minimum atomic E-state index is -0.692. The standard InChI is InChI=1S/C37H58O6/c1-32(2)26-14-17-35(5)27(33(26,3)16-15-28(32)38)12-11-24-29-25(13-18-36(29,31(40)41)20-19-34(24,35)4)37(22-43-37)21-42-30(39)23-9-7-6-8-10-23/h23-29,38H,6-22H2,1-5H3,(H,40,41)/t24?,25-,26?,27?,28-,29-,33+,34-,35-,36+,37?/m1/s1. The van der Waals surface area contributed by atoms with Gasteiger partial charge in [-0.05, 0) is 128 Å². The molecule has 7 aliphatic rings. The van der Waals surface area contributed by atoms with E-state index in [-0.39, 0.29) is 51.5 Å². The molecule has 4 unspecified atom stereocenters. The Kier molecular flexibility index (Phi) is 7.05. The Labute approximate surface area is 259 Å². The maximum atomic E-state index is 13.3. The highest BCUT2D eigenvalue weighted by atomic mass is 16.6. The van der Waals surface area contributed by atoms with Gasteiger partial charge in [0.2, 0.25) is 0 Å². The van der Waals surface area contributed by atoms with E-state index in [1.165, 1.54) is 12.8 Å². The highest BCUT2D eigenvalue weighted by molar-refractivity contribution is 5.76. The first-order chi connectivity index (χ1) is 20.3. The van der Waals surface area contributed by atoms with Crippen molar-refractivity contribution in [2.24, 2.45) is 62.6 Å². The number of rotatable bonds is 5. The minimum absolute atomic E-state index is 0.0156. The van der Waals surface area contributed by atoms with Crippen LogP contribution in [-0.4, -0.2) is 47.1 Å². The average molecular weight is 599 g/mol. The third kappa shape index (κ3) is 4.09. The zero-order valence-electron chi connectivity index (χ0n) is 27.6. The SMILES string of the molecule is CC1(C)C2CC[C@]3(C)C(CCC4[C@@H]5[C@H](C6(COC(=O)C7CCCCC7)CO6)CC[C@]5(C(=O)O)CC[C@]43C)[C@@]2(C)CC[C@H]1O. The second-order valence-electron chi connectivity index (χ2n) is 18.0. The maximum Gasteiger partial charge on any atom is 0.309 e. The van der Waals surface area contributed by atoms with E-state index in [4.69, 9.17) is 9.47 Å². The lowest BCUT2D eigenvalue weighted by atomic mass is 9.32. The zero-order chi connectivity index (χ0) is 30.6. The molecule has 1 saturated heterocycles. The predicted octanol–water partition coefficient (Wildman–Crippen LogP) is 7.41. The van der Waals surface area contributed by atoms with Crippen LogP contribution in [0.5, 0.6) is 0 Å². The molecule has 11 atom stereocenters. The van der Waals surface area contributed by atoms with Crippen LogP contribution in [0.15, 0.2) is 0 Å². The number of carboxylic acids is 1. The van der Waals surface area contributed by atoms with Crippen molar-refractivity contribution >= 4 is 11.9 Å². The van der Waals surface area contributed by atoms with Crippen LogP contribution in [0.4, 0.5) is 0 Å². The van der Waals surface area contributed by atoms with Crippen LogP contribution in [-0.2, 0) is 19.1 Å². The van der Waals surface area contributed by atoms with Gasteiger partial charge in [-0.15, -0.1) is 0 Å². The van der Waals surface area contributed by atoms with Gasteiger partial charge in [0, 0.05) is 0 Å². The molecule has 6 saturated carbocycles. The number of esters is 1. The number of aliphatic carboxylic acids is 1. The van der Waals surface area contributed by atoms with Gasteiger partial charge < -0.3 is 19.7 Å². The van der Waals surface area contributed by atoms with Gasteiger partial charge in [0.25, 0.3) is 0 Å². The van der Waals surface area contributed by atoms with Gasteiger partial charge >= 0.3 is 11.9 Å². The third-order valence-electron chi connectivity index (χ3n) is 16.4. The maximum absolute atomic E-state index is 13.3. The van der Waals surface area contributed by atoms with Crippen LogP contribution in [0.1, 0.15) is 131 Å². The first kappa shape index (κ1) is 30.5.